The number of ether oxygens (including phenoxy) is 2. The highest BCUT2D eigenvalue weighted by atomic mass is 16.5. The standard InChI is InChI=1S/C19H21NO4/c1-3-23-19(22)15-7-5-8-16(13-15)20-18(21)10-11-24-17-9-4-6-14(2)12-17/h4-9,12-13H,3,10-11H2,1-2H3,(H,20,21). The van der Waals surface area contributed by atoms with Crippen LogP contribution in [-0.4, -0.2) is 25.1 Å². The molecule has 0 saturated carbocycles. The van der Waals surface area contributed by atoms with Gasteiger partial charge in [-0.05, 0) is 49.7 Å². The third-order valence-electron chi connectivity index (χ3n) is 3.24. The van der Waals surface area contributed by atoms with Crippen LogP contribution in [0.2, 0.25) is 0 Å². The van der Waals surface area contributed by atoms with Crippen LogP contribution in [0, 0.1) is 6.92 Å². The molecule has 0 atom stereocenters. The number of hydrogen-bond acceptors (Lipinski definition) is 4. The highest BCUT2D eigenvalue weighted by Crippen LogP contribution is 2.14. The molecule has 2 aromatic carbocycles. The van der Waals surface area contributed by atoms with Gasteiger partial charge >= 0.3 is 5.97 Å². The van der Waals surface area contributed by atoms with Crippen LogP contribution in [0.5, 0.6) is 5.75 Å². The van der Waals surface area contributed by atoms with Crippen molar-refractivity contribution in [2.24, 2.45) is 0 Å². The summed E-state index contributed by atoms with van der Waals surface area (Å²) >= 11 is 0. The molecule has 0 heterocycles. The van der Waals surface area contributed by atoms with Crippen LogP contribution in [0.3, 0.4) is 0 Å². The number of nitrogens with one attached hydrogen (secondary N) is 1. The lowest BCUT2D eigenvalue weighted by Crippen LogP contribution is -2.15. The van der Waals surface area contributed by atoms with Crippen molar-refractivity contribution < 1.29 is 19.1 Å². The summed E-state index contributed by atoms with van der Waals surface area (Å²) in [7, 11) is 0. The van der Waals surface area contributed by atoms with Gasteiger partial charge in [-0.15, -0.1) is 0 Å². The molecule has 0 aliphatic rings. The molecule has 2 rings (SSSR count). The second-order valence-corrected chi connectivity index (χ2v) is 5.26. The van der Waals surface area contributed by atoms with Crippen molar-refractivity contribution in [2.45, 2.75) is 20.3 Å². The fourth-order valence-corrected chi connectivity index (χ4v) is 2.13. The summed E-state index contributed by atoms with van der Waals surface area (Å²) < 4.78 is 10.5. The first-order chi connectivity index (χ1) is 11.6. The van der Waals surface area contributed by atoms with Crippen LogP contribution >= 0.6 is 0 Å². The molecule has 24 heavy (non-hydrogen) atoms. The van der Waals surface area contributed by atoms with Gasteiger partial charge in [0.05, 0.1) is 25.2 Å². The van der Waals surface area contributed by atoms with Gasteiger partial charge in [0.15, 0.2) is 0 Å². The van der Waals surface area contributed by atoms with Crippen LogP contribution in [0.15, 0.2) is 48.5 Å². The minimum Gasteiger partial charge on any atom is -0.493 e. The van der Waals surface area contributed by atoms with Crippen LogP contribution in [-0.2, 0) is 9.53 Å². The van der Waals surface area contributed by atoms with E-state index in [4.69, 9.17) is 9.47 Å². The van der Waals surface area contributed by atoms with Crippen LogP contribution < -0.4 is 10.1 Å². The number of carbonyl (C=O) groups is 2. The van der Waals surface area contributed by atoms with E-state index in [0.29, 0.717) is 17.9 Å². The van der Waals surface area contributed by atoms with E-state index in [0.717, 1.165) is 11.3 Å². The van der Waals surface area contributed by atoms with E-state index >= 15 is 0 Å². The Kier molecular flexibility index (Phi) is 6.37. The molecule has 0 unspecified atom stereocenters. The van der Waals surface area contributed by atoms with E-state index in [-0.39, 0.29) is 18.9 Å². The SMILES string of the molecule is CCOC(=O)c1cccc(NC(=O)CCOc2cccc(C)c2)c1. The minimum absolute atomic E-state index is 0.177. The predicted octanol–water partition coefficient (Wildman–Crippen LogP) is 3.58. The first-order valence-corrected chi connectivity index (χ1v) is 7.85. The average Bonchev–Trinajstić information content (AvgIpc) is 2.55. The lowest BCUT2D eigenvalue weighted by atomic mass is 10.2. The zero-order chi connectivity index (χ0) is 17.4. The van der Waals surface area contributed by atoms with Crippen molar-refractivity contribution in [3.8, 4) is 5.75 Å². The number of carbonyl (C=O) groups excluding carboxylic acids is 2. The molecule has 0 spiro atoms. The number of benzene rings is 2. The number of anilines is 1. The van der Waals surface area contributed by atoms with Crippen molar-refractivity contribution in [1.82, 2.24) is 0 Å². The second kappa shape index (κ2) is 8.72. The molecule has 1 N–H and O–H groups in total. The van der Waals surface area contributed by atoms with E-state index < -0.39 is 5.97 Å². The number of amides is 1. The maximum Gasteiger partial charge on any atom is 0.338 e. The molecule has 126 valence electrons. The Morgan fingerprint density at radius 3 is 2.62 bits per heavy atom. The Labute approximate surface area is 141 Å². The van der Waals surface area contributed by atoms with E-state index in [9.17, 15) is 9.59 Å². The summed E-state index contributed by atoms with van der Waals surface area (Å²) in [6, 6.07) is 14.3. The monoisotopic (exact) mass is 327 g/mol. The van der Waals surface area contributed by atoms with Crippen LogP contribution in [0.4, 0.5) is 5.69 Å². The molecule has 0 aliphatic heterocycles. The minimum atomic E-state index is -0.406. The maximum atomic E-state index is 12.0. The normalized spacial score (nSPS) is 10.1. The van der Waals surface area contributed by atoms with Gasteiger partial charge in [0.25, 0.3) is 0 Å². The van der Waals surface area contributed by atoms with Crippen molar-refractivity contribution in [3.63, 3.8) is 0 Å². The van der Waals surface area contributed by atoms with E-state index in [2.05, 4.69) is 5.32 Å². The van der Waals surface area contributed by atoms with Crippen LogP contribution in [0.1, 0.15) is 29.3 Å². The highest BCUT2D eigenvalue weighted by molar-refractivity contribution is 5.94. The molecule has 0 bridgehead atoms. The highest BCUT2D eigenvalue weighted by Gasteiger charge is 2.08. The predicted molar refractivity (Wildman–Crippen MR) is 92.3 cm³/mol. The molecule has 2 aromatic rings. The van der Waals surface area contributed by atoms with Gasteiger partial charge in [-0.2, -0.15) is 0 Å². The lowest BCUT2D eigenvalue weighted by molar-refractivity contribution is -0.116. The zero-order valence-electron chi connectivity index (χ0n) is 13.9. The Balaban J connectivity index is 1.84. The summed E-state index contributed by atoms with van der Waals surface area (Å²) in [4.78, 5) is 23.7. The van der Waals surface area contributed by atoms with Gasteiger partial charge in [0.1, 0.15) is 5.75 Å². The van der Waals surface area contributed by atoms with Crippen molar-refractivity contribution >= 4 is 17.6 Å². The Hall–Kier alpha value is -2.82. The third-order valence-corrected chi connectivity index (χ3v) is 3.24. The summed E-state index contributed by atoms with van der Waals surface area (Å²) in [5, 5.41) is 2.75. The van der Waals surface area contributed by atoms with Gasteiger partial charge in [0.2, 0.25) is 5.91 Å². The molecule has 5 heteroatoms. The molecule has 0 fully saturated rings. The Morgan fingerprint density at radius 1 is 1.08 bits per heavy atom. The Morgan fingerprint density at radius 2 is 1.88 bits per heavy atom. The van der Waals surface area contributed by atoms with Crippen LogP contribution in [0.25, 0.3) is 0 Å². The summed E-state index contributed by atoms with van der Waals surface area (Å²) in [6.07, 6.45) is 0.220. The van der Waals surface area contributed by atoms with Gasteiger partial charge in [-0.3, -0.25) is 4.79 Å². The Bertz CT molecular complexity index is 712. The topological polar surface area (TPSA) is 64.6 Å². The molecule has 0 radical (unpaired) electrons. The average molecular weight is 327 g/mol. The smallest absolute Gasteiger partial charge is 0.338 e. The molecule has 1 amide bonds. The van der Waals surface area contributed by atoms with Gasteiger partial charge in [-0.1, -0.05) is 18.2 Å². The summed E-state index contributed by atoms with van der Waals surface area (Å²) in [5.74, 6) is 0.159. The van der Waals surface area contributed by atoms with Crippen molar-refractivity contribution in [1.29, 1.82) is 0 Å². The van der Waals surface area contributed by atoms with Crippen molar-refractivity contribution in [3.05, 3.63) is 59.7 Å². The fraction of sp³-hybridized carbons (Fsp3) is 0.263. The molecular weight excluding hydrogens is 306 g/mol. The number of esters is 1. The first-order valence-electron chi connectivity index (χ1n) is 7.85. The van der Waals surface area contributed by atoms with E-state index in [1.807, 2.05) is 31.2 Å². The van der Waals surface area contributed by atoms with Gasteiger partial charge in [0, 0.05) is 5.69 Å². The second-order valence-electron chi connectivity index (χ2n) is 5.26. The molecule has 0 saturated heterocycles. The quantitative estimate of drug-likeness (QED) is 0.790. The van der Waals surface area contributed by atoms with Crippen molar-refractivity contribution in [2.75, 3.05) is 18.5 Å². The summed E-state index contributed by atoms with van der Waals surface area (Å²) in [5.41, 5.74) is 2.07. The lowest BCUT2D eigenvalue weighted by Gasteiger charge is -2.09. The van der Waals surface area contributed by atoms with E-state index in [1.165, 1.54) is 0 Å². The number of aryl methyl sites for hydroxylation is 1. The third kappa shape index (κ3) is 5.43. The number of hydrogen-bond donors (Lipinski definition) is 1. The van der Waals surface area contributed by atoms with Gasteiger partial charge < -0.3 is 14.8 Å². The maximum absolute atomic E-state index is 12.0. The number of rotatable bonds is 7. The molecular formula is C19H21NO4. The zero-order valence-corrected chi connectivity index (χ0v) is 13.9. The molecule has 0 aliphatic carbocycles. The summed E-state index contributed by atoms with van der Waals surface area (Å²) in [6.45, 7) is 4.33. The van der Waals surface area contributed by atoms with E-state index in [1.54, 1.807) is 31.2 Å². The molecule has 5 nitrogen and oxygen atoms in total. The molecule has 0 aromatic heterocycles. The fourth-order valence-electron chi connectivity index (χ4n) is 2.13. The first kappa shape index (κ1) is 17.5. The largest absolute Gasteiger partial charge is 0.493 e. The van der Waals surface area contributed by atoms with Gasteiger partial charge in [-0.25, -0.2) is 4.79 Å².